The van der Waals surface area contributed by atoms with Gasteiger partial charge in [-0.15, -0.1) is 23.1 Å². The number of carbonyl (C=O) groups excluding carboxylic acids is 3. The number of fused-ring (bicyclic) bond motifs is 1. The number of rotatable bonds is 8. The molecule has 2 atom stereocenters. The van der Waals surface area contributed by atoms with Crippen LogP contribution in [0.4, 0.5) is 10.7 Å². The van der Waals surface area contributed by atoms with Crippen LogP contribution < -0.4 is 10.6 Å². The fourth-order valence-electron chi connectivity index (χ4n) is 4.37. The molecule has 0 radical (unpaired) electrons. The molecule has 8 heteroatoms. The molecule has 0 spiro atoms. The lowest BCUT2D eigenvalue weighted by molar-refractivity contribution is -0.115. The van der Waals surface area contributed by atoms with E-state index in [2.05, 4.69) is 17.6 Å². The van der Waals surface area contributed by atoms with Crippen LogP contribution in [0.5, 0.6) is 0 Å². The molecule has 37 heavy (non-hydrogen) atoms. The fraction of sp³-hybridized carbons (Fsp3) is 0.345. The maximum Gasteiger partial charge on any atom is 0.341 e. The molecule has 0 aliphatic heterocycles. The van der Waals surface area contributed by atoms with E-state index >= 15 is 0 Å². The Morgan fingerprint density at radius 3 is 2.68 bits per heavy atom. The van der Waals surface area contributed by atoms with Crippen LogP contribution in [0.3, 0.4) is 0 Å². The van der Waals surface area contributed by atoms with Crippen LogP contribution in [-0.4, -0.2) is 29.6 Å². The van der Waals surface area contributed by atoms with E-state index in [-0.39, 0.29) is 24.4 Å². The minimum Gasteiger partial charge on any atom is -0.462 e. The van der Waals surface area contributed by atoms with Gasteiger partial charge in [0.1, 0.15) is 5.00 Å². The Labute approximate surface area is 226 Å². The summed E-state index contributed by atoms with van der Waals surface area (Å²) in [5.74, 6) is -0.185. The molecule has 0 saturated heterocycles. The summed E-state index contributed by atoms with van der Waals surface area (Å²) in [4.78, 5) is 40.6. The molecule has 2 aromatic carbocycles. The molecule has 1 heterocycles. The Kier molecular flexibility index (Phi) is 8.71. The smallest absolute Gasteiger partial charge is 0.341 e. The number of hydrogen-bond acceptors (Lipinski definition) is 6. The number of carbonyl (C=O) groups is 3. The number of anilines is 2. The Hall–Kier alpha value is -3.10. The van der Waals surface area contributed by atoms with Crippen molar-refractivity contribution < 1.29 is 19.1 Å². The molecule has 0 fully saturated rings. The minimum absolute atomic E-state index is 0.181. The monoisotopic (exact) mass is 536 g/mol. The molecular weight excluding hydrogens is 504 g/mol. The number of aryl methyl sites for hydroxylation is 1. The summed E-state index contributed by atoms with van der Waals surface area (Å²) in [6.45, 7) is 8.06. The third-order valence-electron chi connectivity index (χ3n) is 6.28. The molecule has 3 aromatic rings. The van der Waals surface area contributed by atoms with Crippen molar-refractivity contribution in [3.8, 4) is 0 Å². The van der Waals surface area contributed by atoms with Crippen molar-refractivity contribution in [2.75, 3.05) is 17.2 Å². The third kappa shape index (κ3) is 6.62. The molecule has 194 valence electrons. The number of thioether (sulfide) groups is 1. The summed E-state index contributed by atoms with van der Waals surface area (Å²) in [7, 11) is 0. The lowest BCUT2D eigenvalue weighted by atomic mass is 9.88. The average molecular weight is 537 g/mol. The first-order chi connectivity index (χ1) is 17.7. The van der Waals surface area contributed by atoms with Gasteiger partial charge in [0.05, 0.1) is 17.4 Å². The normalized spacial score (nSPS) is 15.4. The highest BCUT2D eigenvalue weighted by molar-refractivity contribution is 8.00. The number of ether oxygens (including phenoxy) is 1. The zero-order valence-corrected chi connectivity index (χ0v) is 23.2. The van der Waals surface area contributed by atoms with Crippen LogP contribution in [-0.2, 0) is 22.4 Å². The topological polar surface area (TPSA) is 84.5 Å². The molecule has 0 bridgehead atoms. The van der Waals surface area contributed by atoms with Crippen LogP contribution in [0.25, 0.3) is 0 Å². The molecule has 2 N–H and O–H groups in total. The maximum absolute atomic E-state index is 13.2. The summed E-state index contributed by atoms with van der Waals surface area (Å²) < 4.78 is 5.32. The highest BCUT2D eigenvalue weighted by Gasteiger charge is 2.30. The standard InChI is InChI=1S/C29H32N2O4S2/c1-5-35-29(34)25-23-13-12-18(3)15-24(23)37-28(25)31-26(32)19(4)36-22-11-7-10-21(16-22)30-27(33)20-9-6-8-17(2)14-20/h6-11,14,16,18-19H,5,12-13,15H2,1-4H3,(H,30,33)(H,31,32). The van der Waals surface area contributed by atoms with E-state index in [9.17, 15) is 14.4 Å². The van der Waals surface area contributed by atoms with Gasteiger partial charge in [0.2, 0.25) is 5.91 Å². The summed E-state index contributed by atoms with van der Waals surface area (Å²) in [5.41, 5.74) is 3.81. The quantitative estimate of drug-likeness (QED) is 0.246. The number of thiophene rings is 1. The summed E-state index contributed by atoms with van der Waals surface area (Å²) >= 11 is 2.89. The second kappa shape index (κ2) is 12.0. The lowest BCUT2D eigenvalue weighted by Crippen LogP contribution is -2.23. The van der Waals surface area contributed by atoms with Crippen molar-refractivity contribution in [3.63, 3.8) is 0 Å². The van der Waals surface area contributed by atoms with Crippen molar-refractivity contribution in [3.05, 3.63) is 75.7 Å². The largest absolute Gasteiger partial charge is 0.462 e. The molecule has 1 aliphatic carbocycles. The van der Waals surface area contributed by atoms with Crippen molar-refractivity contribution in [2.45, 2.75) is 57.1 Å². The molecule has 0 saturated carbocycles. The van der Waals surface area contributed by atoms with Crippen LogP contribution >= 0.6 is 23.1 Å². The van der Waals surface area contributed by atoms with Gasteiger partial charge in [-0.1, -0.05) is 30.7 Å². The van der Waals surface area contributed by atoms with Crippen LogP contribution in [0.15, 0.2) is 53.4 Å². The van der Waals surface area contributed by atoms with E-state index in [1.807, 2.05) is 56.3 Å². The van der Waals surface area contributed by atoms with E-state index in [4.69, 9.17) is 4.74 Å². The van der Waals surface area contributed by atoms with Gasteiger partial charge in [0, 0.05) is 21.0 Å². The summed E-state index contributed by atoms with van der Waals surface area (Å²) in [6, 6.07) is 14.9. The lowest BCUT2D eigenvalue weighted by Gasteiger charge is -2.18. The van der Waals surface area contributed by atoms with E-state index < -0.39 is 5.25 Å². The van der Waals surface area contributed by atoms with Crippen molar-refractivity contribution in [1.29, 1.82) is 0 Å². The van der Waals surface area contributed by atoms with Gasteiger partial charge in [-0.25, -0.2) is 4.79 Å². The van der Waals surface area contributed by atoms with Gasteiger partial charge in [0.15, 0.2) is 0 Å². The first-order valence-electron chi connectivity index (χ1n) is 12.5. The number of amides is 2. The zero-order chi connectivity index (χ0) is 26.5. The zero-order valence-electron chi connectivity index (χ0n) is 21.6. The predicted molar refractivity (Wildman–Crippen MR) is 151 cm³/mol. The van der Waals surface area contributed by atoms with Gasteiger partial charge < -0.3 is 15.4 Å². The van der Waals surface area contributed by atoms with E-state index in [0.29, 0.717) is 27.7 Å². The van der Waals surface area contributed by atoms with E-state index in [1.54, 1.807) is 13.0 Å². The second-order valence-corrected chi connectivity index (χ2v) is 11.9. The number of nitrogens with one attached hydrogen (secondary N) is 2. The van der Waals surface area contributed by atoms with Crippen molar-refractivity contribution in [2.24, 2.45) is 5.92 Å². The molecular formula is C29H32N2O4S2. The molecule has 1 aromatic heterocycles. The minimum atomic E-state index is -0.421. The second-order valence-electron chi connectivity index (χ2n) is 9.38. The van der Waals surface area contributed by atoms with E-state index in [0.717, 1.165) is 40.2 Å². The van der Waals surface area contributed by atoms with Crippen molar-refractivity contribution in [1.82, 2.24) is 0 Å². The predicted octanol–water partition coefficient (Wildman–Crippen LogP) is 6.73. The van der Waals surface area contributed by atoms with Gasteiger partial charge in [-0.2, -0.15) is 0 Å². The summed E-state index contributed by atoms with van der Waals surface area (Å²) in [5, 5.41) is 6.09. The van der Waals surface area contributed by atoms with Crippen LogP contribution in [0, 0.1) is 12.8 Å². The maximum atomic E-state index is 13.2. The Balaban J connectivity index is 1.45. The molecule has 1 aliphatic rings. The van der Waals surface area contributed by atoms with Gasteiger partial charge in [-0.3, -0.25) is 9.59 Å². The molecule has 4 rings (SSSR count). The molecule has 2 amide bonds. The van der Waals surface area contributed by atoms with Crippen LogP contribution in [0.1, 0.15) is 63.9 Å². The van der Waals surface area contributed by atoms with Crippen molar-refractivity contribution >= 4 is 51.6 Å². The first-order valence-corrected chi connectivity index (χ1v) is 14.2. The number of benzene rings is 2. The first kappa shape index (κ1) is 26.9. The fourth-order valence-corrected chi connectivity index (χ4v) is 6.69. The van der Waals surface area contributed by atoms with Gasteiger partial charge >= 0.3 is 5.97 Å². The Morgan fingerprint density at radius 1 is 1.14 bits per heavy atom. The molecule has 6 nitrogen and oxygen atoms in total. The van der Waals surface area contributed by atoms with Gasteiger partial charge in [-0.05, 0) is 81.8 Å². The van der Waals surface area contributed by atoms with Gasteiger partial charge in [0.25, 0.3) is 5.91 Å². The highest BCUT2D eigenvalue weighted by atomic mass is 32.2. The Morgan fingerprint density at radius 2 is 1.92 bits per heavy atom. The highest BCUT2D eigenvalue weighted by Crippen LogP contribution is 2.40. The Bertz CT molecular complexity index is 1320. The van der Waals surface area contributed by atoms with Crippen LogP contribution in [0.2, 0.25) is 0 Å². The van der Waals surface area contributed by atoms with E-state index in [1.165, 1.54) is 23.1 Å². The number of esters is 1. The summed E-state index contributed by atoms with van der Waals surface area (Å²) in [6.07, 6.45) is 2.75. The average Bonchev–Trinajstić information content (AvgIpc) is 3.21. The molecule has 2 unspecified atom stereocenters. The SMILES string of the molecule is CCOC(=O)c1c(NC(=O)C(C)Sc2cccc(NC(=O)c3cccc(C)c3)c2)sc2c1CCC(C)C2. The number of hydrogen-bond donors (Lipinski definition) is 2. The third-order valence-corrected chi connectivity index (χ3v) is 8.55.